The van der Waals surface area contributed by atoms with E-state index in [9.17, 15) is 9.59 Å². The van der Waals surface area contributed by atoms with Crippen LogP contribution in [0.2, 0.25) is 0 Å². The van der Waals surface area contributed by atoms with Gasteiger partial charge in [-0.15, -0.1) is 0 Å². The fourth-order valence-electron chi connectivity index (χ4n) is 1.84. The molecule has 0 radical (unpaired) electrons. The fourth-order valence-corrected chi connectivity index (χ4v) is 2.05. The van der Waals surface area contributed by atoms with Crippen molar-refractivity contribution in [2.75, 3.05) is 25.9 Å². The van der Waals surface area contributed by atoms with Crippen LogP contribution in [-0.4, -0.2) is 52.6 Å². The minimum atomic E-state index is -0.808. The van der Waals surface area contributed by atoms with Crippen LogP contribution >= 0.6 is 11.8 Å². The van der Waals surface area contributed by atoms with Gasteiger partial charge in [0.2, 0.25) is 0 Å². The van der Waals surface area contributed by atoms with E-state index >= 15 is 0 Å². The number of likely N-dealkylation sites (tertiary alicyclic amines) is 1. The lowest BCUT2D eigenvalue weighted by molar-refractivity contribution is -0.143. The number of carboxylic acids is 1. The molecule has 0 aromatic heterocycles. The highest BCUT2D eigenvalue weighted by atomic mass is 32.2. The molecule has 1 atom stereocenters. The third-order valence-electron chi connectivity index (χ3n) is 3.28. The van der Waals surface area contributed by atoms with Gasteiger partial charge >= 0.3 is 12.0 Å². The Labute approximate surface area is 112 Å². The van der Waals surface area contributed by atoms with E-state index < -0.39 is 11.9 Å². The van der Waals surface area contributed by atoms with E-state index in [-0.39, 0.29) is 10.8 Å². The second-order valence-corrected chi connectivity index (χ2v) is 6.76. The Morgan fingerprint density at radius 1 is 1.50 bits per heavy atom. The zero-order valence-electron chi connectivity index (χ0n) is 11.2. The van der Waals surface area contributed by atoms with Gasteiger partial charge in [0.25, 0.3) is 0 Å². The highest BCUT2D eigenvalue weighted by molar-refractivity contribution is 7.99. The molecule has 1 heterocycles. The van der Waals surface area contributed by atoms with Gasteiger partial charge in [-0.2, -0.15) is 11.8 Å². The lowest BCUT2D eigenvalue weighted by Crippen LogP contribution is -2.49. The number of carbonyl (C=O) groups is 2. The maximum Gasteiger partial charge on any atom is 0.317 e. The molecular weight excluding hydrogens is 252 g/mol. The van der Waals surface area contributed by atoms with Crippen molar-refractivity contribution >= 4 is 23.8 Å². The van der Waals surface area contributed by atoms with Crippen LogP contribution in [0.25, 0.3) is 0 Å². The number of aliphatic carboxylic acids is 1. The van der Waals surface area contributed by atoms with Crippen molar-refractivity contribution in [1.29, 1.82) is 0 Å². The molecule has 1 aliphatic heterocycles. The van der Waals surface area contributed by atoms with Gasteiger partial charge in [0, 0.05) is 24.4 Å². The number of nitrogens with one attached hydrogen (secondary N) is 1. The minimum absolute atomic E-state index is 0.00234. The summed E-state index contributed by atoms with van der Waals surface area (Å²) in [5, 5.41) is 11.8. The predicted octanol–water partition coefficient (Wildman–Crippen LogP) is 1.63. The average molecular weight is 274 g/mol. The number of piperidine rings is 1. The standard InChI is InChI=1S/C12H22N2O3S/c1-12(2,18-3)8-13-11(17)14-6-4-5-9(7-14)10(15)16/h9H,4-8H2,1-3H3,(H,13,17)(H,15,16). The first-order chi connectivity index (χ1) is 8.35. The Kier molecular flexibility index (Phi) is 5.31. The van der Waals surface area contributed by atoms with Gasteiger partial charge in [-0.05, 0) is 32.9 Å². The lowest BCUT2D eigenvalue weighted by atomic mass is 9.99. The molecule has 1 unspecified atom stereocenters. The van der Waals surface area contributed by atoms with Crippen molar-refractivity contribution in [3.05, 3.63) is 0 Å². The van der Waals surface area contributed by atoms with Gasteiger partial charge in [-0.25, -0.2) is 4.79 Å². The first kappa shape index (κ1) is 15.1. The van der Waals surface area contributed by atoms with Crippen molar-refractivity contribution in [1.82, 2.24) is 10.2 Å². The highest BCUT2D eigenvalue weighted by Crippen LogP contribution is 2.20. The highest BCUT2D eigenvalue weighted by Gasteiger charge is 2.28. The van der Waals surface area contributed by atoms with Crippen LogP contribution in [0, 0.1) is 5.92 Å². The number of rotatable bonds is 4. The Hall–Kier alpha value is -0.910. The van der Waals surface area contributed by atoms with Crippen molar-refractivity contribution in [2.45, 2.75) is 31.4 Å². The van der Waals surface area contributed by atoms with E-state index in [1.54, 1.807) is 16.7 Å². The van der Waals surface area contributed by atoms with Crippen molar-refractivity contribution in [3.63, 3.8) is 0 Å². The SMILES string of the molecule is CSC(C)(C)CNC(=O)N1CCCC(C(=O)O)C1. The summed E-state index contributed by atoms with van der Waals surface area (Å²) < 4.78 is -0.00234. The molecule has 0 saturated carbocycles. The van der Waals surface area contributed by atoms with Crippen molar-refractivity contribution < 1.29 is 14.7 Å². The molecule has 0 spiro atoms. The first-order valence-electron chi connectivity index (χ1n) is 6.16. The predicted molar refractivity (Wildman–Crippen MR) is 72.9 cm³/mol. The Morgan fingerprint density at radius 3 is 2.72 bits per heavy atom. The van der Waals surface area contributed by atoms with Crippen LogP contribution in [0.3, 0.4) is 0 Å². The van der Waals surface area contributed by atoms with Gasteiger partial charge in [-0.3, -0.25) is 4.79 Å². The Morgan fingerprint density at radius 2 is 2.17 bits per heavy atom. The van der Waals surface area contributed by atoms with E-state index in [2.05, 4.69) is 19.2 Å². The number of thioether (sulfide) groups is 1. The molecule has 1 saturated heterocycles. The summed E-state index contributed by atoms with van der Waals surface area (Å²) in [4.78, 5) is 24.5. The topological polar surface area (TPSA) is 69.6 Å². The number of nitrogens with zero attached hydrogens (tertiary/aromatic N) is 1. The van der Waals surface area contributed by atoms with Crippen LogP contribution in [0.4, 0.5) is 4.79 Å². The molecule has 0 bridgehead atoms. The number of hydrogen-bond acceptors (Lipinski definition) is 3. The molecule has 1 fully saturated rings. The third-order valence-corrected chi connectivity index (χ3v) is 4.53. The number of urea groups is 1. The van der Waals surface area contributed by atoms with Crippen LogP contribution in [0.1, 0.15) is 26.7 Å². The third kappa shape index (κ3) is 4.40. The van der Waals surface area contributed by atoms with Crippen LogP contribution in [0.5, 0.6) is 0 Å². The monoisotopic (exact) mass is 274 g/mol. The molecule has 104 valence electrons. The molecule has 18 heavy (non-hydrogen) atoms. The van der Waals surface area contributed by atoms with Gasteiger partial charge in [-0.1, -0.05) is 0 Å². The summed E-state index contributed by atoms with van der Waals surface area (Å²) in [6.45, 7) is 5.68. The first-order valence-corrected chi connectivity index (χ1v) is 7.39. The van der Waals surface area contributed by atoms with E-state index in [1.165, 1.54) is 0 Å². The number of carboxylic acid groups (broad SMARTS) is 1. The molecule has 0 aromatic rings. The van der Waals surface area contributed by atoms with E-state index in [1.807, 2.05) is 6.26 Å². The van der Waals surface area contributed by atoms with Crippen LogP contribution < -0.4 is 5.32 Å². The maximum absolute atomic E-state index is 11.9. The largest absolute Gasteiger partial charge is 0.481 e. The number of amides is 2. The zero-order chi connectivity index (χ0) is 13.8. The lowest BCUT2D eigenvalue weighted by Gasteiger charge is -2.32. The summed E-state index contributed by atoms with van der Waals surface area (Å²) in [6.07, 6.45) is 3.43. The fraction of sp³-hybridized carbons (Fsp3) is 0.833. The smallest absolute Gasteiger partial charge is 0.317 e. The Bertz CT molecular complexity index is 320. The summed E-state index contributed by atoms with van der Waals surface area (Å²) in [7, 11) is 0. The molecule has 6 heteroatoms. The number of carbonyl (C=O) groups excluding carboxylic acids is 1. The minimum Gasteiger partial charge on any atom is -0.481 e. The van der Waals surface area contributed by atoms with Gasteiger partial charge in [0.15, 0.2) is 0 Å². The second-order valence-electron chi connectivity index (χ2n) is 5.25. The quantitative estimate of drug-likeness (QED) is 0.817. The van der Waals surface area contributed by atoms with Gasteiger partial charge in [0.1, 0.15) is 0 Å². The second kappa shape index (κ2) is 6.31. The van der Waals surface area contributed by atoms with E-state index in [0.717, 1.165) is 6.42 Å². The normalized spacial score (nSPS) is 20.6. The van der Waals surface area contributed by atoms with E-state index in [0.29, 0.717) is 26.1 Å². The van der Waals surface area contributed by atoms with Gasteiger partial charge in [0.05, 0.1) is 5.92 Å². The van der Waals surface area contributed by atoms with Gasteiger partial charge < -0.3 is 15.3 Å². The van der Waals surface area contributed by atoms with Crippen molar-refractivity contribution in [3.8, 4) is 0 Å². The van der Waals surface area contributed by atoms with E-state index in [4.69, 9.17) is 5.11 Å². The molecule has 2 amide bonds. The molecule has 2 N–H and O–H groups in total. The van der Waals surface area contributed by atoms with Crippen LogP contribution in [0.15, 0.2) is 0 Å². The zero-order valence-corrected chi connectivity index (χ0v) is 12.0. The summed E-state index contributed by atoms with van der Waals surface area (Å²) >= 11 is 1.69. The molecular formula is C12H22N2O3S. The maximum atomic E-state index is 11.9. The molecule has 0 aromatic carbocycles. The average Bonchev–Trinajstić information content (AvgIpc) is 2.36. The summed E-state index contributed by atoms with van der Waals surface area (Å²) in [5.74, 6) is -1.23. The summed E-state index contributed by atoms with van der Waals surface area (Å²) in [6, 6.07) is -0.150. The Balaban J connectivity index is 2.44. The molecule has 1 aliphatic rings. The van der Waals surface area contributed by atoms with Crippen molar-refractivity contribution in [2.24, 2.45) is 5.92 Å². The molecule has 0 aliphatic carbocycles. The molecule has 5 nitrogen and oxygen atoms in total. The number of hydrogen-bond donors (Lipinski definition) is 2. The van der Waals surface area contributed by atoms with Crippen LogP contribution in [-0.2, 0) is 4.79 Å². The molecule has 1 rings (SSSR count). The summed E-state index contributed by atoms with van der Waals surface area (Å²) in [5.41, 5.74) is 0.